The number of pyridine rings is 1. The van der Waals surface area contributed by atoms with Gasteiger partial charge in [0.15, 0.2) is 0 Å². The van der Waals surface area contributed by atoms with Crippen molar-refractivity contribution in [3.63, 3.8) is 0 Å². The molecule has 2 aromatic heterocycles. The van der Waals surface area contributed by atoms with E-state index in [2.05, 4.69) is 16.0 Å². The van der Waals surface area contributed by atoms with Crippen molar-refractivity contribution in [3.05, 3.63) is 76.8 Å². The molecule has 0 fully saturated rings. The second-order valence-corrected chi connectivity index (χ2v) is 6.78. The van der Waals surface area contributed by atoms with E-state index in [1.54, 1.807) is 23.2 Å². The number of aromatic nitrogens is 2. The second kappa shape index (κ2) is 7.37. The molecule has 1 aliphatic rings. The van der Waals surface area contributed by atoms with Crippen molar-refractivity contribution in [2.75, 3.05) is 13.1 Å². The molecule has 0 radical (unpaired) electrons. The molecular weight excluding hydrogens is 365 g/mol. The molecule has 0 saturated carbocycles. The van der Waals surface area contributed by atoms with Crippen LogP contribution in [0.25, 0.3) is 22.7 Å². The number of amides is 1. The topological polar surface area (TPSA) is 49.0 Å². The van der Waals surface area contributed by atoms with Crippen LogP contribution in [0.3, 0.4) is 0 Å². The Bertz CT molecular complexity index is 1070. The lowest BCUT2D eigenvalue weighted by molar-refractivity contribution is -0.125. The van der Waals surface area contributed by atoms with E-state index < -0.39 is 5.82 Å². The van der Waals surface area contributed by atoms with E-state index in [9.17, 15) is 9.18 Å². The second-order valence-electron chi connectivity index (χ2n) is 6.37. The van der Waals surface area contributed by atoms with Crippen LogP contribution in [0.5, 0.6) is 0 Å². The third kappa shape index (κ3) is 3.64. The zero-order chi connectivity index (χ0) is 18.8. The van der Waals surface area contributed by atoms with Crippen molar-refractivity contribution in [3.8, 4) is 0 Å². The molecule has 136 valence electrons. The molecule has 0 bridgehead atoms. The SMILES string of the molecule is O=C(/C=C\c1ccc(F)c(Cl)c1)N1CC=C(c2c[nH]c3ncccc23)CC1. The van der Waals surface area contributed by atoms with Crippen LogP contribution in [-0.4, -0.2) is 33.9 Å². The van der Waals surface area contributed by atoms with Gasteiger partial charge >= 0.3 is 0 Å². The van der Waals surface area contributed by atoms with Crippen molar-refractivity contribution < 1.29 is 9.18 Å². The molecule has 3 aromatic rings. The Morgan fingerprint density at radius 1 is 1.33 bits per heavy atom. The zero-order valence-corrected chi connectivity index (χ0v) is 15.2. The number of nitrogens with one attached hydrogen (secondary N) is 1. The summed E-state index contributed by atoms with van der Waals surface area (Å²) in [6, 6.07) is 8.34. The Morgan fingerprint density at radius 3 is 3.00 bits per heavy atom. The molecule has 0 atom stereocenters. The number of H-pyrrole nitrogens is 1. The molecule has 1 aliphatic heterocycles. The minimum atomic E-state index is -0.471. The number of nitrogens with zero attached hydrogens (tertiary/aromatic N) is 2. The molecule has 6 heteroatoms. The Labute approximate surface area is 161 Å². The highest BCUT2D eigenvalue weighted by molar-refractivity contribution is 6.30. The maximum atomic E-state index is 13.2. The van der Waals surface area contributed by atoms with Crippen molar-refractivity contribution in [2.24, 2.45) is 0 Å². The lowest BCUT2D eigenvalue weighted by Crippen LogP contribution is -2.33. The first kappa shape index (κ1) is 17.5. The standard InChI is InChI=1S/C21H17ClFN3O/c22-18-12-14(3-5-19(18)23)4-6-20(27)26-10-7-15(8-11-26)17-13-25-21-16(17)2-1-9-24-21/h1-7,9,12-13H,8,10-11H2,(H,24,25)/b6-4-. The number of carbonyl (C=O) groups is 1. The molecule has 0 aliphatic carbocycles. The average molecular weight is 382 g/mol. The maximum Gasteiger partial charge on any atom is 0.246 e. The van der Waals surface area contributed by atoms with E-state index in [0.29, 0.717) is 18.7 Å². The van der Waals surface area contributed by atoms with E-state index in [0.717, 1.165) is 23.0 Å². The largest absolute Gasteiger partial charge is 0.346 e. The molecule has 1 amide bonds. The molecule has 0 saturated heterocycles. The molecule has 1 aromatic carbocycles. The summed E-state index contributed by atoms with van der Waals surface area (Å²) in [7, 11) is 0. The third-order valence-electron chi connectivity index (χ3n) is 4.68. The first-order chi connectivity index (χ1) is 13.1. The van der Waals surface area contributed by atoms with Crippen LogP contribution in [0.2, 0.25) is 5.02 Å². The number of halogens is 2. The van der Waals surface area contributed by atoms with Gasteiger partial charge in [0.25, 0.3) is 0 Å². The van der Waals surface area contributed by atoms with Gasteiger partial charge in [-0.2, -0.15) is 0 Å². The van der Waals surface area contributed by atoms with Crippen LogP contribution in [0.4, 0.5) is 4.39 Å². The summed E-state index contributed by atoms with van der Waals surface area (Å²) in [6.07, 6.45) is 9.75. The summed E-state index contributed by atoms with van der Waals surface area (Å²) in [5.74, 6) is -0.548. The van der Waals surface area contributed by atoms with Gasteiger partial charge in [0, 0.05) is 42.5 Å². The van der Waals surface area contributed by atoms with Gasteiger partial charge in [-0.3, -0.25) is 4.79 Å². The molecule has 4 rings (SSSR count). The quantitative estimate of drug-likeness (QED) is 0.669. The summed E-state index contributed by atoms with van der Waals surface area (Å²) in [5.41, 5.74) is 3.91. The molecule has 4 nitrogen and oxygen atoms in total. The fraction of sp³-hybridized carbons (Fsp3) is 0.143. The highest BCUT2D eigenvalue weighted by Crippen LogP contribution is 2.28. The van der Waals surface area contributed by atoms with Gasteiger partial charge in [0.05, 0.1) is 5.02 Å². The van der Waals surface area contributed by atoms with E-state index in [1.165, 1.54) is 23.8 Å². The number of carbonyl (C=O) groups excluding carboxylic acids is 1. The number of aromatic amines is 1. The van der Waals surface area contributed by atoms with E-state index in [-0.39, 0.29) is 10.9 Å². The van der Waals surface area contributed by atoms with Crippen molar-refractivity contribution in [1.29, 1.82) is 0 Å². The van der Waals surface area contributed by atoms with Gasteiger partial charge in [-0.1, -0.05) is 23.7 Å². The maximum absolute atomic E-state index is 13.2. The van der Waals surface area contributed by atoms with Crippen LogP contribution < -0.4 is 0 Å². The number of hydrogen-bond acceptors (Lipinski definition) is 2. The van der Waals surface area contributed by atoms with Gasteiger partial charge in [-0.25, -0.2) is 9.37 Å². The first-order valence-corrected chi connectivity index (χ1v) is 9.03. The molecule has 3 heterocycles. The van der Waals surface area contributed by atoms with Crippen LogP contribution in [0.15, 0.2) is 54.9 Å². The van der Waals surface area contributed by atoms with Crippen LogP contribution in [-0.2, 0) is 4.79 Å². The van der Waals surface area contributed by atoms with Gasteiger partial charge in [-0.15, -0.1) is 0 Å². The minimum Gasteiger partial charge on any atom is -0.346 e. The van der Waals surface area contributed by atoms with Crippen molar-refractivity contribution in [2.45, 2.75) is 6.42 Å². The minimum absolute atomic E-state index is 0.0448. The van der Waals surface area contributed by atoms with E-state index in [1.807, 2.05) is 18.3 Å². The Hall–Kier alpha value is -2.92. The average Bonchev–Trinajstić information content (AvgIpc) is 3.13. The summed E-state index contributed by atoms with van der Waals surface area (Å²) in [5, 5.41) is 1.14. The number of fused-ring (bicyclic) bond motifs is 1. The smallest absolute Gasteiger partial charge is 0.246 e. The van der Waals surface area contributed by atoms with Gasteiger partial charge in [0.2, 0.25) is 5.91 Å². The Kier molecular flexibility index (Phi) is 4.77. The van der Waals surface area contributed by atoms with E-state index >= 15 is 0 Å². The normalized spacial score (nSPS) is 14.7. The number of rotatable bonds is 3. The number of benzene rings is 1. The summed E-state index contributed by atoms with van der Waals surface area (Å²) in [6.45, 7) is 1.20. The molecule has 1 N–H and O–H groups in total. The lowest BCUT2D eigenvalue weighted by Gasteiger charge is -2.25. The van der Waals surface area contributed by atoms with Gasteiger partial charge < -0.3 is 9.88 Å². The summed E-state index contributed by atoms with van der Waals surface area (Å²) < 4.78 is 13.2. The summed E-state index contributed by atoms with van der Waals surface area (Å²) in [4.78, 5) is 21.7. The highest BCUT2D eigenvalue weighted by Gasteiger charge is 2.18. The lowest BCUT2D eigenvalue weighted by atomic mass is 9.99. The molecule has 0 unspecified atom stereocenters. The molecule has 27 heavy (non-hydrogen) atoms. The van der Waals surface area contributed by atoms with Crippen molar-refractivity contribution >= 4 is 40.2 Å². The van der Waals surface area contributed by atoms with Crippen LogP contribution in [0.1, 0.15) is 17.5 Å². The zero-order valence-electron chi connectivity index (χ0n) is 14.5. The predicted octanol–water partition coefficient (Wildman–Crippen LogP) is 4.68. The highest BCUT2D eigenvalue weighted by atomic mass is 35.5. The molecular formula is C21H17ClFN3O. The monoisotopic (exact) mass is 381 g/mol. The van der Waals surface area contributed by atoms with Gasteiger partial charge in [0.1, 0.15) is 11.5 Å². The fourth-order valence-electron chi connectivity index (χ4n) is 3.22. The third-order valence-corrected chi connectivity index (χ3v) is 4.97. The van der Waals surface area contributed by atoms with Crippen LogP contribution >= 0.6 is 11.6 Å². The Balaban J connectivity index is 1.45. The molecule has 0 spiro atoms. The van der Waals surface area contributed by atoms with Crippen molar-refractivity contribution in [1.82, 2.24) is 14.9 Å². The fourth-order valence-corrected chi connectivity index (χ4v) is 3.41. The van der Waals surface area contributed by atoms with Crippen LogP contribution in [0, 0.1) is 5.82 Å². The van der Waals surface area contributed by atoms with Gasteiger partial charge in [-0.05, 0) is 47.9 Å². The summed E-state index contributed by atoms with van der Waals surface area (Å²) >= 11 is 5.77. The van der Waals surface area contributed by atoms with E-state index in [4.69, 9.17) is 11.6 Å². The predicted molar refractivity (Wildman–Crippen MR) is 106 cm³/mol. The first-order valence-electron chi connectivity index (χ1n) is 8.65. The Morgan fingerprint density at radius 2 is 2.22 bits per heavy atom. The number of hydrogen-bond donors (Lipinski definition) is 1.